The van der Waals surface area contributed by atoms with Crippen LogP contribution in [0.15, 0.2) is 45.3 Å². The van der Waals surface area contributed by atoms with Crippen molar-refractivity contribution in [3.63, 3.8) is 0 Å². The van der Waals surface area contributed by atoms with Gasteiger partial charge < -0.3 is 10.2 Å². The molecular weight excluding hydrogens is 308 g/mol. The summed E-state index contributed by atoms with van der Waals surface area (Å²) in [5.41, 5.74) is 6.73. The van der Waals surface area contributed by atoms with E-state index >= 15 is 0 Å². The predicted octanol–water partition coefficient (Wildman–Crippen LogP) is 2.77. The van der Waals surface area contributed by atoms with E-state index in [9.17, 15) is 4.79 Å². The minimum absolute atomic E-state index is 0.0821. The Hall–Kier alpha value is -1.59. The van der Waals surface area contributed by atoms with Gasteiger partial charge in [-0.2, -0.15) is 0 Å². The first-order valence-corrected chi connectivity index (χ1v) is 6.78. The number of furan rings is 1. The minimum Gasteiger partial charge on any atom is -0.464 e. The minimum atomic E-state index is -0.533. The van der Waals surface area contributed by atoms with Crippen molar-refractivity contribution in [3.8, 4) is 0 Å². The topological polar surface area (TPSA) is 59.5 Å². The summed E-state index contributed by atoms with van der Waals surface area (Å²) in [7, 11) is 0. The summed E-state index contributed by atoms with van der Waals surface area (Å²) < 4.78 is 6.57. The lowest BCUT2D eigenvalue weighted by atomic mass is 9.92. The Labute approximate surface area is 119 Å². The van der Waals surface area contributed by atoms with Gasteiger partial charge in [-0.15, -0.1) is 0 Å². The zero-order chi connectivity index (χ0) is 13.6. The number of halogens is 1. The number of anilines is 1. The lowest BCUT2D eigenvalue weighted by Crippen LogP contribution is -2.63. The van der Waals surface area contributed by atoms with E-state index in [1.807, 2.05) is 43.3 Å². The van der Waals surface area contributed by atoms with E-state index in [4.69, 9.17) is 10.2 Å². The van der Waals surface area contributed by atoms with E-state index in [0.717, 1.165) is 21.7 Å². The average molecular weight is 321 g/mol. The molecule has 19 heavy (non-hydrogen) atoms. The van der Waals surface area contributed by atoms with Gasteiger partial charge in [-0.3, -0.25) is 9.69 Å². The quantitative estimate of drug-likeness (QED) is 0.865. The number of amides is 1. The van der Waals surface area contributed by atoms with Crippen LogP contribution in [0.3, 0.4) is 0 Å². The number of aryl methyl sites for hydroxylation is 1. The molecule has 0 spiro atoms. The highest BCUT2D eigenvalue weighted by Crippen LogP contribution is 2.38. The van der Waals surface area contributed by atoms with Crippen LogP contribution in [0.2, 0.25) is 0 Å². The fourth-order valence-corrected chi connectivity index (χ4v) is 2.58. The number of nitrogens with two attached hydrogens (primary N) is 1. The number of carbonyl (C=O) groups excluding carboxylic acids is 1. The number of hydrogen-bond donors (Lipinski definition) is 1. The van der Waals surface area contributed by atoms with Gasteiger partial charge in [0.1, 0.15) is 23.6 Å². The summed E-state index contributed by atoms with van der Waals surface area (Å²) in [6.45, 7) is 1.87. The molecule has 1 aromatic heterocycles. The molecule has 4 nitrogen and oxygen atoms in total. The summed E-state index contributed by atoms with van der Waals surface area (Å²) >= 11 is 3.38. The number of β-lactam (4-membered cyclic amide) rings is 1. The highest BCUT2D eigenvalue weighted by molar-refractivity contribution is 9.10. The summed E-state index contributed by atoms with van der Waals surface area (Å²) in [4.78, 5) is 13.7. The Balaban J connectivity index is 1.95. The van der Waals surface area contributed by atoms with E-state index in [2.05, 4.69) is 15.9 Å². The maximum absolute atomic E-state index is 12.0. The Morgan fingerprint density at radius 1 is 1.21 bits per heavy atom. The molecule has 1 aliphatic heterocycles. The molecule has 2 N–H and O–H groups in total. The summed E-state index contributed by atoms with van der Waals surface area (Å²) in [6.07, 6.45) is 0. The maximum Gasteiger partial charge on any atom is 0.247 e. The molecule has 0 unspecified atom stereocenters. The highest BCUT2D eigenvalue weighted by atomic mass is 79.9. The molecule has 1 aromatic carbocycles. The molecule has 1 aliphatic rings. The van der Waals surface area contributed by atoms with Gasteiger partial charge in [0.25, 0.3) is 0 Å². The predicted molar refractivity (Wildman–Crippen MR) is 75.8 cm³/mol. The highest BCUT2D eigenvalue weighted by Gasteiger charge is 2.48. The van der Waals surface area contributed by atoms with Gasteiger partial charge in [-0.1, -0.05) is 15.9 Å². The standard InChI is InChI=1S/C14H13BrN2O2/c1-8-2-7-11(19-8)13-12(16)14(18)17(13)10-5-3-9(15)4-6-10/h2-7,12-13H,16H2,1H3/t12-,13-/m0/s1. The van der Waals surface area contributed by atoms with Crippen molar-refractivity contribution >= 4 is 27.5 Å². The Bertz CT molecular complexity index is 621. The second-order valence-electron chi connectivity index (χ2n) is 4.60. The van der Waals surface area contributed by atoms with E-state index in [0.29, 0.717) is 0 Å². The smallest absolute Gasteiger partial charge is 0.247 e. The first-order chi connectivity index (χ1) is 9.08. The van der Waals surface area contributed by atoms with Crippen molar-refractivity contribution in [2.75, 3.05) is 4.90 Å². The van der Waals surface area contributed by atoms with Crippen LogP contribution in [-0.2, 0) is 4.79 Å². The second kappa shape index (κ2) is 4.51. The number of rotatable bonds is 2. The van der Waals surface area contributed by atoms with Crippen LogP contribution >= 0.6 is 15.9 Å². The normalized spacial score (nSPS) is 22.5. The van der Waals surface area contributed by atoms with E-state index < -0.39 is 6.04 Å². The Morgan fingerprint density at radius 3 is 2.47 bits per heavy atom. The van der Waals surface area contributed by atoms with E-state index in [1.165, 1.54) is 0 Å². The molecule has 3 rings (SSSR count). The van der Waals surface area contributed by atoms with Crippen molar-refractivity contribution in [2.24, 2.45) is 5.73 Å². The van der Waals surface area contributed by atoms with E-state index in [1.54, 1.807) is 4.90 Å². The number of benzene rings is 1. The van der Waals surface area contributed by atoms with Crippen molar-refractivity contribution < 1.29 is 9.21 Å². The number of carbonyl (C=O) groups is 1. The lowest BCUT2D eigenvalue weighted by molar-refractivity contribution is -0.126. The third kappa shape index (κ3) is 1.99. The lowest BCUT2D eigenvalue weighted by Gasteiger charge is -2.44. The van der Waals surface area contributed by atoms with Crippen molar-refractivity contribution in [2.45, 2.75) is 19.0 Å². The maximum atomic E-state index is 12.0. The van der Waals surface area contributed by atoms with Crippen LogP contribution in [0, 0.1) is 6.92 Å². The first kappa shape index (κ1) is 12.4. The third-order valence-electron chi connectivity index (χ3n) is 3.30. The molecule has 2 atom stereocenters. The van der Waals surface area contributed by atoms with Crippen LogP contribution in [0.4, 0.5) is 5.69 Å². The largest absolute Gasteiger partial charge is 0.464 e. The molecule has 1 amide bonds. The molecule has 1 fully saturated rings. The molecule has 0 radical (unpaired) electrons. The third-order valence-corrected chi connectivity index (χ3v) is 3.83. The molecule has 0 saturated carbocycles. The first-order valence-electron chi connectivity index (χ1n) is 5.98. The Kier molecular flexibility index (Phi) is 2.95. The summed E-state index contributed by atoms with van der Waals surface area (Å²) in [5, 5.41) is 0. The second-order valence-corrected chi connectivity index (χ2v) is 5.52. The molecule has 0 aliphatic carbocycles. The zero-order valence-electron chi connectivity index (χ0n) is 10.3. The van der Waals surface area contributed by atoms with Crippen LogP contribution in [0.5, 0.6) is 0 Å². The SMILES string of the molecule is Cc1ccc([C@H]2[C@H](N)C(=O)N2c2ccc(Br)cc2)o1. The van der Waals surface area contributed by atoms with Gasteiger partial charge in [0.05, 0.1) is 0 Å². The van der Waals surface area contributed by atoms with Gasteiger partial charge in [-0.05, 0) is 43.3 Å². The summed E-state index contributed by atoms with van der Waals surface area (Å²) in [6, 6.07) is 10.6. The zero-order valence-corrected chi connectivity index (χ0v) is 11.9. The number of nitrogens with zero attached hydrogens (tertiary/aromatic N) is 1. The van der Waals surface area contributed by atoms with Crippen LogP contribution in [0.1, 0.15) is 17.6 Å². The molecule has 1 saturated heterocycles. The van der Waals surface area contributed by atoms with Crippen LogP contribution in [0.25, 0.3) is 0 Å². The van der Waals surface area contributed by atoms with Crippen molar-refractivity contribution in [3.05, 3.63) is 52.4 Å². The molecule has 2 aromatic rings. The molecule has 0 bridgehead atoms. The van der Waals surface area contributed by atoms with Crippen LogP contribution in [-0.4, -0.2) is 11.9 Å². The molecule has 98 valence electrons. The number of hydrogen-bond acceptors (Lipinski definition) is 3. The fraction of sp³-hybridized carbons (Fsp3) is 0.214. The van der Waals surface area contributed by atoms with E-state index in [-0.39, 0.29) is 11.9 Å². The van der Waals surface area contributed by atoms with Gasteiger partial charge >= 0.3 is 0 Å². The van der Waals surface area contributed by atoms with Gasteiger partial charge in [-0.25, -0.2) is 0 Å². The fourth-order valence-electron chi connectivity index (χ4n) is 2.32. The van der Waals surface area contributed by atoms with Gasteiger partial charge in [0, 0.05) is 10.2 Å². The van der Waals surface area contributed by atoms with Crippen molar-refractivity contribution in [1.82, 2.24) is 0 Å². The van der Waals surface area contributed by atoms with Crippen LogP contribution < -0.4 is 10.6 Å². The monoisotopic (exact) mass is 320 g/mol. The van der Waals surface area contributed by atoms with Gasteiger partial charge in [0.2, 0.25) is 5.91 Å². The summed E-state index contributed by atoms with van der Waals surface area (Å²) in [5.74, 6) is 1.46. The molecular formula is C14H13BrN2O2. The van der Waals surface area contributed by atoms with Crippen molar-refractivity contribution in [1.29, 1.82) is 0 Å². The Morgan fingerprint density at radius 2 is 1.89 bits per heavy atom. The average Bonchev–Trinajstić information content (AvgIpc) is 2.82. The molecule has 2 heterocycles. The van der Waals surface area contributed by atoms with Gasteiger partial charge in [0.15, 0.2) is 0 Å². The molecule has 5 heteroatoms.